The van der Waals surface area contributed by atoms with E-state index < -0.39 is 0 Å². The first kappa shape index (κ1) is 17.3. The maximum atomic E-state index is 12.5. The second kappa shape index (κ2) is 8.53. The van der Waals surface area contributed by atoms with E-state index in [0.29, 0.717) is 25.7 Å². The number of amides is 1. The van der Waals surface area contributed by atoms with Gasteiger partial charge in [0.25, 0.3) is 5.91 Å². The van der Waals surface area contributed by atoms with Gasteiger partial charge in [-0.15, -0.1) is 0 Å². The average Bonchev–Trinajstić information content (AvgIpc) is 2.95. The number of rotatable bonds is 8. The monoisotopic (exact) mass is 315 g/mol. The summed E-state index contributed by atoms with van der Waals surface area (Å²) in [5.74, 6) is 1.88. The fourth-order valence-electron chi connectivity index (χ4n) is 2.42. The number of nitrogens with zero attached hydrogens (tertiary/aromatic N) is 1. The second-order valence-corrected chi connectivity index (χ2v) is 6.25. The van der Waals surface area contributed by atoms with Gasteiger partial charge in [0, 0.05) is 6.54 Å². The smallest absolute Gasteiger partial charge is 0.278 e. The third-order valence-electron chi connectivity index (χ3n) is 3.77. The summed E-state index contributed by atoms with van der Waals surface area (Å²) in [5, 5.41) is 2.06. The lowest BCUT2D eigenvalue weighted by atomic mass is 10.1. The molecule has 0 aliphatic rings. The number of carbonyl (C=O) groups is 1. The molecule has 0 bridgehead atoms. The van der Waals surface area contributed by atoms with Crippen molar-refractivity contribution in [1.82, 2.24) is 4.90 Å². The predicted octanol–water partition coefficient (Wildman–Crippen LogP) is 2.13. The van der Waals surface area contributed by atoms with Crippen molar-refractivity contribution in [2.75, 3.05) is 13.1 Å². The van der Waals surface area contributed by atoms with Gasteiger partial charge in [-0.1, -0.05) is 30.3 Å². The van der Waals surface area contributed by atoms with Gasteiger partial charge in [0.05, 0.1) is 12.6 Å². The summed E-state index contributed by atoms with van der Waals surface area (Å²) >= 11 is 0. The summed E-state index contributed by atoms with van der Waals surface area (Å²) in [6.45, 7) is 7.83. The standard InChI is InChI=1S/C19H26N2O2/c1-15(2)20-13-19(22)21(14-18-10-9-16(3)23-18)12-11-17-7-5-4-6-8-17/h4-10,15,20H,11-14H2,1-3H3/p+1. The molecule has 0 unspecified atom stereocenters. The number of hydrogen-bond acceptors (Lipinski definition) is 2. The van der Waals surface area contributed by atoms with E-state index in [1.54, 1.807) is 0 Å². The molecule has 124 valence electrons. The van der Waals surface area contributed by atoms with E-state index in [-0.39, 0.29) is 5.91 Å². The molecule has 0 fully saturated rings. The number of carbonyl (C=O) groups excluding carboxylic acids is 1. The summed E-state index contributed by atoms with van der Waals surface area (Å²) in [5.41, 5.74) is 1.24. The molecule has 1 heterocycles. The highest BCUT2D eigenvalue weighted by molar-refractivity contribution is 5.77. The van der Waals surface area contributed by atoms with Crippen LogP contribution in [-0.4, -0.2) is 29.9 Å². The van der Waals surface area contributed by atoms with E-state index in [0.717, 1.165) is 17.9 Å². The van der Waals surface area contributed by atoms with Crippen LogP contribution in [-0.2, 0) is 17.8 Å². The fourth-order valence-corrected chi connectivity index (χ4v) is 2.42. The highest BCUT2D eigenvalue weighted by atomic mass is 16.3. The minimum absolute atomic E-state index is 0.156. The van der Waals surface area contributed by atoms with E-state index >= 15 is 0 Å². The van der Waals surface area contributed by atoms with Crippen molar-refractivity contribution in [3.8, 4) is 0 Å². The van der Waals surface area contributed by atoms with Crippen molar-refractivity contribution in [2.45, 2.75) is 39.8 Å². The Labute approximate surface area is 138 Å². The minimum Gasteiger partial charge on any atom is -0.464 e. The zero-order chi connectivity index (χ0) is 16.7. The minimum atomic E-state index is 0.156. The fraction of sp³-hybridized carbons (Fsp3) is 0.421. The molecule has 2 N–H and O–H groups in total. The summed E-state index contributed by atoms with van der Waals surface area (Å²) in [7, 11) is 0. The maximum Gasteiger partial charge on any atom is 0.278 e. The molecule has 4 nitrogen and oxygen atoms in total. The lowest BCUT2D eigenvalue weighted by molar-refractivity contribution is -0.673. The molecule has 1 amide bonds. The van der Waals surface area contributed by atoms with E-state index in [4.69, 9.17) is 4.42 Å². The first-order valence-corrected chi connectivity index (χ1v) is 8.25. The zero-order valence-corrected chi connectivity index (χ0v) is 14.3. The summed E-state index contributed by atoms with van der Waals surface area (Å²) < 4.78 is 5.64. The third kappa shape index (κ3) is 5.91. The molecule has 1 aromatic carbocycles. The van der Waals surface area contributed by atoms with Gasteiger partial charge < -0.3 is 14.6 Å². The molecular weight excluding hydrogens is 288 g/mol. The van der Waals surface area contributed by atoms with Gasteiger partial charge in [-0.2, -0.15) is 0 Å². The van der Waals surface area contributed by atoms with Crippen LogP contribution in [0, 0.1) is 6.92 Å². The Balaban J connectivity index is 1.99. The quantitative estimate of drug-likeness (QED) is 0.811. The predicted molar refractivity (Wildman–Crippen MR) is 90.9 cm³/mol. The zero-order valence-electron chi connectivity index (χ0n) is 14.3. The van der Waals surface area contributed by atoms with Gasteiger partial charge in [0.2, 0.25) is 0 Å². The molecule has 0 aliphatic heterocycles. The number of hydrogen-bond donors (Lipinski definition) is 1. The topological polar surface area (TPSA) is 50.1 Å². The molecule has 0 saturated heterocycles. The maximum absolute atomic E-state index is 12.5. The third-order valence-corrected chi connectivity index (χ3v) is 3.77. The summed E-state index contributed by atoms with van der Waals surface area (Å²) in [6, 6.07) is 14.6. The first-order chi connectivity index (χ1) is 11.0. The van der Waals surface area contributed by atoms with Crippen molar-refractivity contribution in [3.63, 3.8) is 0 Å². The van der Waals surface area contributed by atoms with Crippen LogP contribution in [0.3, 0.4) is 0 Å². The number of quaternary nitrogens is 1. The Morgan fingerprint density at radius 2 is 1.91 bits per heavy atom. The normalized spacial score (nSPS) is 11.0. The summed E-state index contributed by atoms with van der Waals surface area (Å²) in [4.78, 5) is 14.4. The number of nitrogens with two attached hydrogens (primary N) is 1. The van der Waals surface area contributed by atoms with Gasteiger partial charge in [0.15, 0.2) is 6.54 Å². The van der Waals surface area contributed by atoms with E-state index in [1.165, 1.54) is 5.56 Å². The molecule has 2 rings (SSSR count). The molecular formula is C19H27N2O2+. The van der Waals surface area contributed by atoms with Crippen LogP contribution in [0.4, 0.5) is 0 Å². The molecule has 0 atom stereocenters. The molecule has 4 heteroatoms. The molecule has 0 saturated carbocycles. The molecule has 2 aromatic rings. The van der Waals surface area contributed by atoms with Crippen molar-refractivity contribution < 1.29 is 14.5 Å². The Morgan fingerprint density at radius 1 is 1.17 bits per heavy atom. The molecule has 0 spiro atoms. The van der Waals surface area contributed by atoms with Crippen LogP contribution < -0.4 is 5.32 Å². The molecule has 0 aliphatic carbocycles. The van der Waals surface area contributed by atoms with Crippen LogP contribution in [0.25, 0.3) is 0 Å². The van der Waals surface area contributed by atoms with Crippen molar-refractivity contribution in [3.05, 3.63) is 59.5 Å². The van der Waals surface area contributed by atoms with Crippen LogP contribution in [0.2, 0.25) is 0 Å². The van der Waals surface area contributed by atoms with Gasteiger partial charge in [0.1, 0.15) is 11.5 Å². The van der Waals surface area contributed by atoms with Crippen LogP contribution in [0.15, 0.2) is 46.9 Å². The van der Waals surface area contributed by atoms with Gasteiger partial charge >= 0.3 is 0 Å². The molecule has 0 radical (unpaired) electrons. The first-order valence-electron chi connectivity index (χ1n) is 8.25. The van der Waals surface area contributed by atoms with Gasteiger partial charge in [-0.3, -0.25) is 4.79 Å². The van der Waals surface area contributed by atoms with Crippen LogP contribution in [0.5, 0.6) is 0 Å². The van der Waals surface area contributed by atoms with Crippen LogP contribution >= 0.6 is 0 Å². The van der Waals surface area contributed by atoms with Crippen molar-refractivity contribution >= 4 is 5.91 Å². The number of aryl methyl sites for hydroxylation is 1. The molecule has 1 aromatic heterocycles. The number of furan rings is 1. The highest BCUT2D eigenvalue weighted by Gasteiger charge is 2.17. The highest BCUT2D eigenvalue weighted by Crippen LogP contribution is 2.11. The van der Waals surface area contributed by atoms with E-state index in [2.05, 4.69) is 31.3 Å². The Bertz CT molecular complexity index is 605. The van der Waals surface area contributed by atoms with Gasteiger partial charge in [-0.05, 0) is 44.9 Å². The lowest BCUT2D eigenvalue weighted by Gasteiger charge is -2.21. The molecule has 23 heavy (non-hydrogen) atoms. The Kier molecular flexibility index (Phi) is 6.41. The summed E-state index contributed by atoms with van der Waals surface area (Å²) in [6.07, 6.45) is 0.855. The van der Waals surface area contributed by atoms with E-state index in [9.17, 15) is 4.79 Å². The Hall–Kier alpha value is -2.07. The Morgan fingerprint density at radius 3 is 2.52 bits per heavy atom. The van der Waals surface area contributed by atoms with Crippen molar-refractivity contribution in [1.29, 1.82) is 0 Å². The SMILES string of the molecule is Cc1ccc(CN(CCc2ccccc2)C(=O)C[NH2+]C(C)C)o1. The lowest BCUT2D eigenvalue weighted by Crippen LogP contribution is -2.90. The van der Waals surface area contributed by atoms with Crippen LogP contribution in [0.1, 0.15) is 30.9 Å². The second-order valence-electron chi connectivity index (χ2n) is 6.25. The average molecular weight is 315 g/mol. The number of benzene rings is 1. The largest absolute Gasteiger partial charge is 0.464 e. The van der Waals surface area contributed by atoms with Crippen molar-refractivity contribution in [2.24, 2.45) is 0 Å². The van der Waals surface area contributed by atoms with Gasteiger partial charge in [-0.25, -0.2) is 0 Å². The van der Waals surface area contributed by atoms with E-state index in [1.807, 2.05) is 42.2 Å².